The fraction of sp³-hybridized carbons (Fsp3) is 0.375. The molecule has 184 valence electrons. The van der Waals surface area contributed by atoms with Crippen LogP contribution in [0.15, 0.2) is 45.8 Å². The molecule has 1 atom stereocenters. The van der Waals surface area contributed by atoms with Crippen LogP contribution in [0.25, 0.3) is 0 Å². The van der Waals surface area contributed by atoms with E-state index < -0.39 is 33.7 Å². The minimum Gasteiger partial charge on any atom is -0.322 e. The van der Waals surface area contributed by atoms with Crippen LogP contribution in [0.1, 0.15) is 53.1 Å². The molecule has 0 aromatic heterocycles. The molecule has 35 heavy (non-hydrogen) atoms. The second kappa shape index (κ2) is 9.11. The molecule has 2 aromatic rings. The number of halogens is 2. The average Bonchev–Trinajstić information content (AvgIpc) is 3.15. The number of rotatable bonds is 4. The summed E-state index contributed by atoms with van der Waals surface area (Å²) in [5.74, 6) is -1.98. The van der Waals surface area contributed by atoms with E-state index in [1.54, 1.807) is 24.3 Å². The van der Waals surface area contributed by atoms with Gasteiger partial charge in [-0.1, -0.05) is 12.1 Å². The number of imide groups is 1. The second-order valence-corrected chi connectivity index (χ2v) is 11.8. The summed E-state index contributed by atoms with van der Waals surface area (Å²) in [6, 6.07) is 8.49. The summed E-state index contributed by atoms with van der Waals surface area (Å²) < 4.78 is 42.8. The average molecular weight is 564 g/mol. The summed E-state index contributed by atoms with van der Waals surface area (Å²) in [6.07, 6.45) is 1.33. The molecular weight excluding hydrogens is 541 g/mol. The van der Waals surface area contributed by atoms with Crippen molar-refractivity contribution in [2.75, 3.05) is 13.1 Å². The number of benzene rings is 2. The number of hydrogen-bond donors (Lipinski definition) is 1. The summed E-state index contributed by atoms with van der Waals surface area (Å²) in [5, 5.41) is 2.27. The van der Waals surface area contributed by atoms with E-state index >= 15 is 0 Å². The lowest BCUT2D eigenvalue weighted by Gasteiger charge is -2.32. The zero-order valence-electron chi connectivity index (χ0n) is 18.7. The number of fused-ring (bicyclic) bond motifs is 1. The van der Waals surface area contributed by atoms with Gasteiger partial charge in [0.2, 0.25) is 21.8 Å². The zero-order chi connectivity index (χ0) is 24.9. The number of nitrogens with zero attached hydrogens (tertiary/aromatic N) is 2. The third-order valence-electron chi connectivity index (χ3n) is 7.00. The van der Waals surface area contributed by atoms with E-state index in [0.29, 0.717) is 28.4 Å². The highest BCUT2D eigenvalue weighted by Gasteiger charge is 2.41. The molecule has 3 aliphatic rings. The number of piperidine rings is 2. The van der Waals surface area contributed by atoms with Gasteiger partial charge in [-0.15, -0.1) is 0 Å². The molecule has 0 aliphatic carbocycles. The zero-order valence-corrected chi connectivity index (χ0v) is 21.1. The van der Waals surface area contributed by atoms with Crippen molar-refractivity contribution in [2.24, 2.45) is 0 Å². The molecule has 5 rings (SSSR count). The Morgan fingerprint density at radius 1 is 1.03 bits per heavy atom. The molecule has 2 saturated heterocycles. The maximum atomic E-state index is 14.6. The van der Waals surface area contributed by atoms with E-state index in [-0.39, 0.29) is 54.8 Å². The molecule has 0 bridgehead atoms. The largest absolute Gasteiger partial charge is 0.322 e. The maximum absolute atomic E-state index is 14.6. The van der Waals surface area contributed by atoms with Gasteiger partial charge in [-0.25, -0.2) is 12.8 Å². The van der Waals surface area contributed by atoms with E-state index in [1.165, 1.54) is 21.3 Å². The third-order valence-corrected chi connectivity index (χ3v) is 9.91. The van der Waals surface area contributed by atoms with Crippen molar-refractivity contribution in [3.05, 3.63) is 63.4 Å². The van der Waals surface area contributed by atoms with Gasteiger partial charge in [-0.2, -0.15) is 4.31 Å². The standard InChI is InChI=1S/C24H23BrFN3O5S/c25-19-3-1-2-4-21(19)35(33,34)28-9-7-14(8-10-28)16-11-15(26)12-17-18(16)13-29(24(17)32)20-5-6-22(30)27-23(20)31/h1-4,11-12,14,20H,5-10,13H2,(H,27,30,31). The molecule has 0 radical (unpaired) electrons. The molecule has 1 N–H and O–H groups in total. The van der Waals surface area contributed by atoms with E-state index in [1.807, 2.05) is 0 Å². The molecule has 3 aliphatic heterocycles. The fourth-order valence-corrected chi connectivity index (χ4v) is 7.65. The Kier molecular flexibility index (Phi) is 6.27. The molecule has 3 amide bonds. The highest BCUT2D eigenvalue weighted by atomic mass is 79.9. The number of carbonyl (C=O) groups is 3. The van der Waals surface area contributed by atoms with Crippen LogP contribution in [0.4, 0.5) is 4.39 Å². The van der Waals surface area contributed by atoms with E-state index in [0.717, 1.165) is 0 Å². The Hall–Kier alpha value is -2.63. The van der Waals surface area contributed by atoms with Crippen LogP contribution in [0.3, 0.4) is 0 Å². The Morgan fingerprint density at radius 2 is 1.74 bits per heavy atom. The predicted molar refractivity (Wildman–Crippen MR) is 127 cm³/mol. The summed E-state index contributed by atoms with van der Waals surface area (Å²) >= 11 is 3.31. The fourth-order valence-electron chi connectivity index (χ4n) is 5.22. The molecular formula is C24H23BrFN3O5S. The summed E-state index contributed by atoms with van der Waals surface area (Å²) in [6.45, 7) is 0.695. The number of nitrogens with one attached hydrogen (secondary N) is 1. The molecule has 0 spiro atoms. The van der Waals surface area contributed by atoms with Crippen LogP contribution in [0.5, 0.6) is 0 Å². The van der Waals surface area contributed by atoms with Gasteiger partial charge in [0.15, 0.2) is 0 Å². The molecule has 8 nitrogen and oxygen atoms in total. The quantitative estimate of drug-likeness (QED) is 0.576. The van der Waals surface area contributed by atoms with Crippen LogP contribution >= 0.6 is 15.9 Å². The highest BCUT2D eigenvalue weighted by molar-refractivity contribution is 9.10. The Labute approximate surface area is 210 Å². The predicted octanol–water partition coefficient (Wildman–Crippen LogP) is 2.92. The molecule has 2 fully saturated rings. The smallest absolute Gasteiger partial charge is 0.255 e. The highest BCUT2D eigenvalue weighted by Crippen LogP contribution is 2.39. The number of amides is 3. The minimum absolute atomic E-state index is 0.125. The second-order valence-electron chi connectivity index (χ2n) is 9.03. The van der Waals surface area contributed by atoms with Gasteiger partial charge < -0.3 is 4.90 Å². The lowest BCUT2D eigenvalue weighted by Crippen LogP contribution is -2.52. The van der Waals surface area contributed by atoms with Crippen molar-refractivity contribution in [1.82, 2.24) is 14.5 Å². The van der Waals surface area contributed by atoms with E-state index in [4.69, 9.17) is 0 Å². The summed E-state index contributed by atoms with van der Waals surface area (Å²) in [5.41, 5.74) is 1.59. The van der Waals surface area contributed by atoms with Gasteiger partial charge in [0.1, 0.15) is 11.9 Å². The molecule has 11 heteroatoms. The van der Waals surface area contributed by atoms with Gasteiger partial charge in [-0.3, -0.25) is 19.7 Å². The van der Waals surface area contributed by atoms with Crippen molar-refractivity contribution >= 4 is 43.7 Å². The van der Waals surface area contributed by atoms with Crippen molar-refractivity contribution in [2.45, 2.75) is 49.1 Å². The van der Waals surface area contributed by atoms with Crippen LogP contribution < -0.4 is 5.32 Å². The molecule has 1 unspecified atom stereocenters. The van der Waals surface area contributed by atoms with Crippen LogP contribution in [0.2, 0.25) is 0 Å². The first-order valence-corrected chi connectivity index (χ1v) is 13.6. The topological polar surface area (TPSA) is 104 Å². The summed E-state index contributed by atoms with van der Waals surface area (Å²) in [7, 11) is -3.68. The third kappa shape index (κ3) is 4.30. The Morgan fingerprint density at radius 3 is 2.43 bits per heavy atom. The monoisotopic (exact) mass is 563 g/mol. The molecule has 2 aromatic carbocycles. The van der Waals surface area contributed by atoms with Crippen LogP contribution in [0, 0.1) is 5.82 Å². The first-order valence-electron chi connectivity index (χ1n) is 11.4. The number of carbonyl (C=O) groups excluding carboxylic acids is 3. The number of hydrogen-bond acceptors (Lipinski definition) is 5. The van der Waals surface area contributed by atoms with Crippen molar-refractivity contribution in [3.8, 4) is 0 Å². The maximum Gasteiger partial charge on any atom is 0.255 e. The van der Waals surface area contributed by atoms with Gasteiger partial charge >= 0.3 is 0 Å². The molecule has 3 heterocycles. The van der Waals surface area contributed by atoms with Crippen molar-refractivity contribution in [1.29, 1.82) is 0 Å². The summed E-state index contributed by atoms with van der Waals surface area (Å²) in [4.78, 5) is 38.6. The molecule has 0 saturated carbocycles. The lowest BCUT2D eigenvalue weighted by molar-refractivity contribution is -0.136. The van der Waals surface area contributed by atoms with Gasteiger partial charge in [0.25, 0.3) is 5.91 Å². The van der Waals surface area contributed by atoms with E-state index in [9.17, 15) is 27.2 Å². The van der Waals surface area contributed by atoms with Crippen LogP contribution in [-0.2, 0) is 26.2 Å². The normalized spacial score (nSPS) is 21.8. The first-order chi connectivity index (χ1) is 16.7. The van der Waals surface area contributed by atoms with Gasteiger partial charge in [0.05, 0.1) is 4.90 Å². The lowest BCUT2D eigenvalue weighted by atomic mass is 9.86. The SMILES string of the molecule is O=C1CCC(N2Cc3c(cc(F)cc3C3CCN(S(=O)(=O)c4ccccc4Br)CC3)C2=O)C(=O)N1. The minimum atomic E-state index is -3.68. The van der Waals surface area contributed by atoms with Gasteiger partial charge in [0, 0.05) is 36.1 Å². The Bertz CT molecular complexity index is 1340. The van der Waals surface area contributed by atoms with Crippen molar-refractivity contribution < 1.29 is 27.2 Å². The number of sulfonamides is 1. The van der Waals surface area contributed by atoms with Crippen molar-refractivity contribution in [3.63, 3.8) is 0 Å². The van der Waals surface area contributed by atoms with Gasteiger partial charge in [-0.05, 0) is 76.5 Å². The first kappa shape index (κ1) is 24.1. The van der Waals surface area contributed by atoms with E-state index in [2.05, 4.69) is 21.2 Å². The van der Waals surface area contributed by atoms with Crippen LogP contribution in [-0.4, -0.2) is 54.5 Å². The Balaban J connectivity index is 1.37.